The van der Waals surface area contributed by atoms with E-state index in [4.69, 9.17) is 23.7 Å². The molecule has 0 unspecified atom stereocenters. The van der Waals surface area contributed by atoms with Gasteiger partial charge in [0, 0.05) is 16.7 Å². The topological polar surface area (TPSA) is 69.1 Å². The number of primary amides is 1. The number of rotatable bonds is 3. The van der Waals surface area contributed by atoms with Gasteiger partial charge >= 0.3 is 0 Å². The predicted molar refractivity (Wildman–Crippen MR) is 76.2 cm³/mol. The highest BCUT2D eigenvalue weighted by molar-refractivity contribution is 7.80. The van der Waals surface area contributed by atoms with Crippen LogP contribution < -0.4 is 11.5 Å². The van der Waals surface area contributed by atoms with Gasteiger partial charge in [-0.3, -0.25) is 4.79 Å². The van der Waals surface area contributed by atoms with Gasteiger partial charge in [0.2, 0.25) is 5.91 Å². The molecule has 2 aromatic carbocycles. The van der Waals surface area contributed by atoms with Gasteiger partial charge in [0.1, 0.15) is 10.8 Å². The summed E-state index contributed by atoms with van der Waals surface area (Å²) in [4.78, 5) is 11.4. The minimum absolute atomic E-state index is 0.00709. The van der Waals surface area contributed by atoms with E-state index in [0.717, 1.165) is 0 Å². The molecule has 1 amide bonds. The molecular formula is C14H11FN2OS. The molecule has 0 aromatic heterocycles. The Morgan fingerprint density at radius 1 is 1.00 bits per heavy atom. The Kier molecular flexibility index (Phi) is 3.57. The number of thiocarbonyl (C=S) groups is 1. The molecule has 5 heteroatoms. The van der Waals surface area contributed by atoms with Crippen molar-refractivity contribution < 1.29 is 9.18 Å². The van der Waals surface area contributed by atoms with E-state index >= 15 is 0 Å². The first-order valence-corrected chi connectivity index (χ1v) is 5.90. The highest BCUT2D eigenvalue weighted by Gasteiger charge is 2.17. The lowest BCUT2D eigenvalue weighted by molar-refractivity contribution is 0.1000. The lowest BCUT2D eigenvalue weighted by Crippen LogP contribution is -2.20. The fourth-order valence-corrected chi connectivity index (χ4v) is 2.15. The van der Waals surface area contributed by atoms with Crippen molar-refractivity contribution in [1.82, 2.24) is 0 Å². The molecule has 0 atom stereocenters. The Morgan fingerprint density at radius 3 is 2.21 bits per heavy atom. The predicted octanol–water partition coefficient (Wildman–Crippen LogP) is 2.23. The van der Waals surface area contributed by atoms with Gasteiger partial charge in [-0.15, -0.1) is 0 Å². The summed E-state index contributed by atoms with van der Waals surface area (Å²) in [5.74, 6) is -1.07. The molecule has 0 bridgehead atoms. The minimum atomic E-state index is -0.652. The first-order valence-electron chi connectivity index (χ1n) is 5.50. The first-order chi connectivity index (χ1) is 9.02. The van der Waals surface area contributed by atoms with E-state index in [0.29, 0.717) is 16.7 Å². The fourth-order valence-electron chi connectivity index (χ4n) is 1.93. The zero-order chi connectivity index (χ0) is 14.0. The molecule has 96 valence electrons. The zero-order valence-electron chi connectivity index (χ0n) is 9.89. The Balaban J connectivity index is 2.78. The number of hydrogen-bond acceptors (Lipinski definition) is 2. The lowest BCUT2D eigenvalue weighted by atomic mass is 9.94. The molecule has 2 aromatic rings. The number of carbonyl (C=O) groups excluding carboxylic acids is 1. The van der Waals surface area contributed by atoms with Crippen LogP contribution >= 0.6 is 12.2 Å². The third-order valence-corrected chi connectivity index (χ3v) is 2.94. The Hall–Kier alpha value is -2.27. The van der Waals surface area contributed by atoms with E-state index in [1.54, 1.807) is 30.3 Å². The average Bonchev–Trinajstić information content (AvgIpc) is 2.38. The third-order valence-electron chi connectivity index (χ3n) is 2.74. The summed E-state index contributed by atoms with van der Waals surface area (Å²) < 4.78 is 13.9. The number of carbonyl (C=O) groups is 1. The van der Waals surface area contributed by atoms with Crippen molar-refractivity contribution in [2.45, 2.75) is 0 Å². The van der Waals surface area contributed by atoms with Crippen LogP contribution in [0.25, 0.3) is 11.1 Å². The molecule has 0 fully saturated rings. The lowest BCUT2D eigenvalue weighted by Gasteiger charge is -2.12. The third kappa shape index (κ3) is 2.46. The van der Waals surface area contributed by atoms with Crippen LogP contribution in [0.3, 0.4) is 0 Å². The summed E-state index contributed by atoms with van der Waals surface area (Å²) in [5.41, 5.74) is 12.2. The molecule has 0 saturated carbocycles. The number of hydrogen-bond donors (Lipinski definition) is 2. The van der Waals surface area contributed by atoms with Crippen LogP contribution in [0, 0.1) is 5.82 Å². The SMILES string of the molecule is NC(=O)c1cccc(-c2ccccc2F)c1C(N)=S. The van der Waals surface area contributed by atoms with Gasteiger partial charge in [-0.25, -0.2) is 4.39 Å². The molecule has 2 rings (SSSR count). The van der Waals surface area contributed by atoms with Crippen molar-refractivity contribution in [2.24, 2.45) is 11.5 Å². The standard InChI is InChI=1S/C14H11FN2OS/c15-11-7-2-1-4-8(11)9-5-3-6-10(13(16)18)12(9)14(17)19/h1-7H,(H2,16,18)(H2,17,19). The fraction of sp³-hybridized carbons (Fsp3) is 0. The summed E-state index contributed by atoms with van der Waals surface area (Å²) in [6.45, 7) is 0. The molecule has 0 saturated heterocycles. The van der Waals surface area contributed by atoms with E-state index < -0.39 is 11.7 Å². The number of amides is 1. The van der Waals surface area contributed by atoms with Gasteiger partial charge < -0.3 is 11.5 Å². The van der Waals surface area contributed by atoms with Crippen LogP contribution in [0.2, 0.25) is 0 Å². The molecule has 4 N–H and O–H groups in total. The molecule has 0 aliphatic carbocycles. The van der Waals surface area contributed by atoms with E-state index in [2.05, 4.69) is 0 Å². The van der Waals surface area contributed by atoms with Crippen LogP contribution in [-0.4, -0.2) is 10.9 Å². The van der Waals surface area contributed by atoms with Gasteiger partial charge in [0.15, 0.2) is 0 Å². The van der Waals surface area contributed by atoms with Crippen molar-refractivity contribution in [1.29, 1.82) is 0 Å². The van der Waals surface area contributed by atoms with Gasteiger partial charge in [0.05, 0.1) is 0 Å². The Morgan fingerprint density at radius 2 is 1.63 bits per heavy atom. The molecule has 0 aliphatic heterocycles. The monoisotopic (exact) mass is 274 g/mol. The summed E-state index contributed by atoms with van der Waals surface area (Å²) in [5, 5.41) is 0. The van der Waals surface area contributed by atoms with Crippen molar-refractivity contribution >= 4 is 23.1 Å². The molecule has 0 heterocycles. The van der Waals surface area contributed by atoms with E-state index in [1.165, 1.54) is 12.1 Å². The van der Waals surface area contributed by atoms with Crippen LogP contribution in [0.4, 0.5) is 4.39 Å². The first kappa shape index (κ1) is 13.2. The maximum atomic E-state index is 13.9. The Bertz CT molecular complexity index is 670. The largest absolute Gasteiger partial charge is 0.389 e. The molecule has 19 heavy (non-hydrogen) atoms. The second kappa shape index (κ2) is 5.16. The van der Waals surface area contributed by atoms with Gasteiger partial charge in [-0.2, -0.15) is 0 Å². The van der Waals surface area contributed by atoms with E-state index in [1.807, 2.05) is 0 Å². The number of nitrogens with two attached hydrogens (primary N) is 2. The second-order valence-corrected chi connectivity index (χ2v) is 4.38. The Labute approximate surface area is 115 Å². The highest BCUT2D eigenvalue weighted by atomic mass is 32.1. The maximum Gasteiger partial charge on any atom is 0.249 e. The quantitative estimate of drug-likeness (QED) is 0.843. The maximum absolute atomic E-state index is 13.9. The van der Waals surface area contributed by atoms with Gasteiger partial charge in [-0.05, 0) is 17.7 Å². The van der Waals surface area contributed by atoms with E-state index in [9.17, 15) is 9.18 Å². The van der Waals surface area contributed by atoms with Crippen molar-refractivity contribution in [2.75, 3.05) is 0 Å². The minimum Gasteiger partial charge on any atom is -0.389 e. The van der Waals surface area contributed by atoms with Crippen LogP contribution in [0.15, 0.2) is 42.5 Å². The van der Waals surface area contributed by atoms with Gasteiger partial charge in [-0.1, -0.05) is 42.5 Å². The molecule has 0 aliphatic rings. The second-order valence-electron chi connectivity index (χ2n) is 3.94. The van der Waals surface area contributed by atoms with E-state index in [-0.39, 0.29) is 10.6 Å². The summed E-state index contributed by atoms with van der Waals surface area (Å²) in [7, 11) is 0. The number of halogens is 1. The highest BCUT2D eigenvalue weighted by Crippen LogP contribution is 2.28. The number of benzene rings is 2. The van der Waals surface area contributed by atoms with Crippen LogP contribution in [0.5, 0.6) is 0 Å². The van der Waals surface area contributed by atoms with Crippen molar-refractivity contribution in [3.63, 3.8) is 0 Å². The average molecular weight is 274 g/mol. The summed E-state index contributed by atoms with van der Waals surface area (Å²) >= 11 is 4.95. The molecule has 3 nitrogen and oxygen atoms in total. The van der Waals surface area contributed by atoms with Crippen molar-refractivity contribution in [3.05, 3.63) is 59.4 Å². The van der Waals surface area contributed by atoms with Crippen molar-refractivity contribution in [3.8, 4) is 11.1 Å². The zero-order valence-corrected chi connectivity index (χ0v) is 10.7. The molecule has 0 radical (unpaired) electrons. The van der Waals surface area contributed by atoms with Crippen LogP contribution in [0.1, 0.15) is 15.9 Å². The summed E-state index contributed by atoms with van der Waals surface area (Å²) in [6.07, 6.45) is 0. The molecular weight excluding hydrogens is 263 g/mol. The summed E-state index contributed by atoms with van der Waals surface area (Å²) in [6, 6.07) is 11.0. The normalized spacial score (nSPS) is 10.2. The van der Waals surface area contributed by atoms with Crippen LogP contribution in [-0.2, 0) is 0 Å². The smallest absolute Gasteiger partial charge is 0.249 e. The molecule has 0 spiro atoms. The van der Waals surface area contributed by atoms with Gasteiger partial charge in [0.25, 0.3) is 0 Å².